The van der Waals surface area contributed by atoms with E-state index >= 15 is 0 Å². The molecule has 1 N–H and O–H groups in total. The average molecular weight is 288 g/mol. The Labute approximate surface area is 126 Å². The maximum absolute atomic E-state index is 11.8. The van der Waals surface area contributed by atoms with Gasteiger partial charge >= 0.3 is 5.97 Å². The zero-order valence-corrected chi connectivity index (χ0v) is 12.8. The molecule has 114 valence electrons. The van der Waals surface area contributed by atoms with Gasteiger partial charge in [0, 0.05) is 31.2 Å². The van der Waals surface area contributed by atoms with Crippen LogP contribution in [0.1, 0.15) is 31.7 Å². The Morgan fingerprint density at radius 3 is 2.67 bits per heavy atom. The number of likely N-dealkylation sites (tertiary alicyclic amines) is 1. The number of piperidine rings is 1. The lowest BCUT2D eigenvalue weighted by Crippen LogP contribution is -2.46. The van der Waals surface area contributed by atoms with Crippen LogP contribution in [0.5, 0.6) is 0 Å². The fraction of sp³-hybridized carbons (Fsp3) is 0.588. The molecule has 0 bridgehead atoms. The molecule has 0 amide bonds. The molecule has 0 aromatic heterocycles. The molecule has 0 saturated carbocycles. The molecule has 0 spiro atoms. The van der Waals surface area contributed by atoms with Crippen LogP contribution in [0.2, 0.25) is 0 Å². The van der Waals surface area contributed by atoms with Crippen molar-refractivity contribution in [3.8, 4) is 0 Å². The average Bonchev–Trinajstić information content (AvgIpc) is 2.79. The van der Waals surface area contributed by atoms with Crippen molar-refractivity contribution in [2.24, 2.45) is 0 Å². The number of nitrogens with one attached hydrogen (secondary N) is 1. The second kappa shape index (κ2) is 6.06. The van der Waals surface area contributed by atoms with Crippen LogP contribution in [0.3, 0.4) is 0 Å². The monoisotopic (exact) mass is 288 g/mol. The summed E-state index contributed by atoms with van der Waals surface area (Å²) in [6, 6.07) is 8.99. The van der Waals surface area contributed by atoms with Crippen molar-refractivity contribution < 1.29 is 9.53 Å². The van der Waals surface area contributed by atoms with Crippen LogP contribution < -0.4 is 5.32 Å². The molecule has 0 unspecified atom stereocenters. The summed E-state index contributed by atoms with van der Waals surface area (Å²) >= 11 is 0. The van der Waals surface area contributed by atoms with Gasteiger partial charge in [0.05, 0.1) is 0 Å². The van der Waals surface area contributed by atoms with Crippen LogP contribution in [0.15, 0.2) is 24.3 Å². The number of hydrogen-bond donors (Lipinski definition) is 1. The van der Waals surface area contributed by atoms with E-state index < -0.39 is 0 Å². The molecule has 4 heteroatoms. The quantitative estimate of drug-likeness (QED) is 0.868. The molecule has 2 aliphatic rings. The maximum Gasteiger partial charge on any atom is 0.323 e. The van der Waals surface area contributed by atoms with E-state index in [9.17, 15) is 4.79 Å². The minimum atomic E-state index is -0.0346. The molecule has 1 aromatic carbocycles. The third-order valence-corrected chi connectivity index (χ3v) is 4.50. The van der Waals surface area contributed by atoms with Gasteiger partial charge in [0.15, 0.2) is 0 Å². The summed E-state index contributed by atoms with van der Waals surface area (Å²) < 4.78 is 5.27. The van der Waals surface area contributed by atoms with E-state index in [1.807, 2.05) is 6.92 Å². The van der Waals surface area contributed by atoms with Crippen LogP contribution >= 0.6 is 0 Å². The molecule has 0 radical (unpaired) electrons. The number of hydrogen-bond acceptors (Lipinski definition) is 4. The van der Waals surface area contributed by atoms with Gasteiger partial charge in [0.1, 0.15) is 12.1 Å². The zero-order valence-electron chi connectivity index (χ0n) is 12.8. The molecule has 2 atom stereocenters. The third-order valence-electron chi connectivity index (χ3n) is 4.50. The van der Waals surface area contributed by atoms with Crippen molar-refractivity contribution in [3.63, 3.8) is 0 Å². The van der Waals surface area contributed by atoms with Crippen molar-refractivity contribution in [1.29, 1.82) is 0 Å². The summed E-state index contributed by atoms with van der Waals surface area (Å²) in [5.41, 5.74) is 2.47. The Kier molecular flexibility index (Phi) is 4.15. The van der Waals surface area contributed by atoms with Crippen molar-refractivity contribution in [2.45, 2.75) is 51.3 Å². The van der Waals surface area contributed by atoms with Crippen molar-refractivity contribution in [3.05, 3.63) is 29.8 Å². The molecule has 2 saturated heterocycles. The number of carbonyl (C=O) groups excluding carboxylic acids is 1. The summed E-state index contributed by atoms with van der Waals surface area (Å²) in [5, 5.41) is 3.61. The molecule has 4 nitrogen and oxygen atoms in total. The number of anilines is 1. The molecule has 2 heterocycles. The highest BCUT2D eigenvalue weighted by Crippen LogP contribution is 2.24. The van der Waals surface area contributed by atoms with Crippen LogP contribution in [0.4, 0.5) is 5.69 Å². The number of ether oxygens (including phenoxy) is 1. The summed E-state index contributed by atoms with van der Waals surface area (Å²) in [6.45, 7) is 6.02. The molecule has 0 aliphatic carbocycles. The number of benzene rings is 1. The Balaban J connectivity index is 1.52. The normalized spacial score (nSPS) is 27.6. The van der Waals surface area contributed by atoms with Crippen molar-refractivity contribution in [1.82, 2.24) is 4.90 Å². The standard InChI is InChI=1S/C17H24N2O2/c1-12-4-3-5-15(10-12)18-14-6-8-19(9-7-14)16-11-13(2)21-17(16)20/h3-5,10,13-14,16,18H,6-9,11H2,1-2H3/t13-,16+/m1/s1. The van der Waals surface area contributed by atoms with E-state index in [1.54, 1.807) is 0 Å². The fourth-order valence-corrected chi connectivity index (χ4v) is 3.36. The van der Waals surface area contributed by atoms with Gasteiger partial charge < -0.3 is 10.1 Å². The third kappa shape index (κ3) is 3.38. The lowest BCUT2D eigenvalue weighted by Gasteiger charge is -2.35. The molecule has 3 rings (SSSR count). The number of nitrogens with zero attached hydrogens (tertiary/aromatic N) is 1. The largest absolute Gasteiger partial charge is 0.461 e. The van der Waals surface area contributed by atoms with Crippen LogP contribution in [0, 0.1) is 6.92 Å². The van der Waals surface area contributed by atoms with E-state index in [0.717, 1.165) is 32.4 Å². The highest BCUT2D eigenvalue weighted by Gasteiger charge is 2.37. The molecule has 2 fully saturated rings. The van der Waals surface area contributed by atoms with Gasteiger partial charge in [-0.25, -0.2) is 0 Å². The number of rotatable bonds is 3. The van der Waals surface area contributed by atoms with Crippen molar-refractivity contribution >= 4 is 11.7 Å². The minimum absolute atomic E-state index is 0.0140. The molecule has 1 aromatic rings. The predicted octanol–water partition coefficient (Wildman–Crippen LogP) is 2.58. The summed E-state index contributed by atoms with van der Waals surface area (Å²) in [4.78, 5) is 14.1. The van der Waals surface area contributed by atoms with E-state index in [0.29, 0.717) is 6.04 Å². The zero-order chi connectivity index (χ0) is 14.8. The van der Waals surface area contributed by atoms with Crippen molar-refractivity contribution in [2.75, 3.05) is 18.4 Å². The smallest absolute Gasteiger partial charge is 0.323 e. The first kappa shape index (κ1) is 14.4. The number of aryl methyl sites for hydroxylation is 1. The SMILES string of the molecule is Cc1cccc(NC2CCN([C@H]3C[C@@H](C)OC3=O)CC2)c1. The molecule has 2 aliphatic heterocycles. The minimum Gasteiger partial charge on any atom is -0.461 e. The molecular weight excluding hydrogens is 264 g/mol. The van der Waals surface area contributed by atoms with Crippen LogP contribution in [-0.4, -0.2) is 42.1 Å². The predicted molar refractivity (Wildman–Crippen MR) is 83.4 cm³/mol. The number of carbonyl (C=O) groups is 1. The molecular formula is C17H24N2O2. The number of cyclic esters (lactones) is 1. The molecule has 21 heavy (non-hydrogen) atoms. The summed E-state index contributed by atoms with van der Waals surface area (Å²) in [7, 11) is 0. The van der Waals surface area contributed by atoms with Gasteiger partial charge in [-0.15, -0.1) is 0 Å². The van der Waals surface area contributed by atoms with E-state index in [4.69, 9.17) is 4.74 Å². The second-order valence-electron chi connectivity index (χ2n) is 6.32. The number of esters is 1. The Hall–Kier alpha value is -1.55. The van der Waals surface area contributed by atoms with Gasteiger partial charge in [-0.3, -0.25) is 9.69 Å². The van der Waals surface area contributed by atoms with E-state index in [1.165, 1.54) is 11.3 Å². The van der Waals surface area contributed by atoms with Crippen LogP contribution in [0.25, 0.3) is 0 Å². The highest BCUT2D eigenvalue weighted by molar-refractivity contribution is 5.78. The Bertz CT molecular complexity index is 509. The Morgan fingerprint density at radius 2 is 2.05 bits per heavy atom. The van der Waals surface area contributed by atoms with Crippen LogP contribution in [-0.2, 0) is 9.53 Å². The first-order chi connectivity index (χ1) is 10.1. The first-order valence-electron chi connectivity index (χ1n) is 7.89. The van der Waals surface area contributed by atoms with E-state index in [-0.39, 0.29) is 18.1 Å². The second-order valence-corrected chi connectivity index (χ2v) is 6.32. The summed E-state index contributed by atoms with van der Waals surface area (Å²) in [5.74, 6) is -0.0346. The fourth-order valence-electron chi connectivity index (χ4n) is 3.36. The van der Waals surface area contributed by atoms with Gasteiger partial charge in [-0.2, -0.15) is 0 Å². The Morgan fingerprint density at radius 1 is 1.29 bits per heavy atom. The lowest BCUT2D eigenvalue weighted by molar-refractivity contribution is -0.145. The highest BCUT2D eigenvalue weighted by atomic mass is 16.6. The van der Waals surface area contributed by atoms with Gasteiger partial charge in [0.2, 0.25) is 0 Å². The lowest BCUT2D eigenvalue weighted by atomic mass is 10.0. The van der Waals surface area contributed by atoms with E-state index in [2.05, 4.69) is 41.4 Å². The first-order valence-corrected chi connectivity index (χ1v) is 7.89. The topological polar surface area (TPSA) is 41.6 Å². The van der Waals surface area contributed by atoms with Gasteiger partial charge in [-0.1, -0.05) is 12.1 Å². The summed E-state index contributed by atoms with van der Waals surface area (Å²) in [6.07, 6.45) is 3.07. The van der Waals surface area contributed by atoms with Gasteiger partial charge in [0.25, 0.3) is 0 Å². The van der Waals surface area contributed by atoms with Gasteiger partial charge in [-0.05, 0) is 44.4 Å². The maximum atomic E-state index is 11.8.